The third-order valence-corrected chi connectivity index (χ3v) is 7.57. The number of nitrogens with one attached hydrogen (secondary N) is 2. The van der Waals surface area contributed by atoms with Gasteiger partial charge in [-0.1, -0.05) is 29.5 Å². The molecule has 0 radical (unpaired) electrons. The predicted octanol–water partition coefficient (Wildman–Crippen LogP) is 3.80. The van der Waals surface area contributed by atoms with Gasteiger partial charge in [-0.2, -0.15) is 0 Å². The van der Waals surface area contributed by atoms with Gasteiger partial charge in [0.15, 0.2) is 5.13 Å². The Bertz CT molecular complexity index is 1040. The molecule has 6 rings (SSSR count). The molecule has 1 aromatic carbocycles. The van der Waals surface area contributed by atoms with Crippen molar-refractivity contribution < 1.29 is 9.53 Å². The van der Waals surface area contributed by atoms with Crippen molar-refractivity contribution in [3.05, 3.63) is 46.6 Å². The van der Waals surface area contributed by atoms with Crippen LogP contribution in [0, 0.1) is 5.92 Å². The summed E-state index contributed by atoms with van der Waals surface area (Å²) >= 11 is 1.69. The summed E-state index contributed by atoms with van der Waals surface area (Å²) in [4.78, 5) is 24.2. The molecule has 150 valence electrons. The Balaban J connectivity index is 1.13. The summed E-state index contributed by atoms with van der Waals surface area (Å²) in [6.07, 6.45) is 5.35. The molecular weight excluding hydrogens is 384 g/mol. The zero-order valence-electron chi connectivity index (χ0n) is 16.2. The van der Waals surface area contributed by atoms with Gasteiger partial charge in [-0.3, -0.25) is 4.79 Å². The fourth-order valence-corrected chi connectivity index (χ4v) is 6.01. The number of nitrogens with zero attached hydrogens (tertiary/aromatic N) is 2. The standard InChI is InChI=1S/C22H24N4O2S/c27-21(18-10-13-3-1-2-4-16(13)24-18)26-8-7-17-20(12-26)29-22(25-17)23-11-14-9-15-5-6-19(14)28-15/h1-4,10,14-15,19,24H,5-9,11-12H2,(H,23,25)/t14-,15-,19+/m0/s1. The smallest absolute Gasteiger partial charge is 0.270 e. The van der Waals surface area contributed by atoms with Crippen LogP contribution in [-0.4, -0.2) is 46.1 Å². The van der Waals surface area contributed by atoms with Crippen molar-refractivity contribution in [2.24, 2.45) is 5.92 Å². The monoisotopic (exact) mass is 408 g/mol. The number of hydrogen-bond donors (Lipinski definition) is 2. The number of carbonyl (C=O) groups is 1. The van der Waals surface area contributed by atoms with Gasteiger partial charge in [0, 0.05) is 41.2 Å². The fourth-order valence-electron chi connectivity index (χ4n) is 4.98. The Morgan fingerprint density at radius 2 is 2.28 bits per heavy atom. The molecule has 2 fully saturated rings. The zero-order valence-corrected chi connectivity index (χ0v) is 17.0. The molecule has 3 aliphatic heterocycles. The number of ether oxygens (including phenoxy) is 1. The highest BCUT2D eigenvalue weighted by Gasteiger charge is 2.40. The Labute approximate surface area is 173 Å². The second-order valence-electron chi connectivity index (χ2n) is 8.39. The summed E-state index contributed by atoms with van der Waals surface area (Å²) in [6, 6.07) is 9.95. The van der Waals surface area contributed by atoms with E-state index in [0.29, 0.717) is 36.9 Å². The molecule has 0 saturated carbocycles. The molecule has 2 saturated heterocycles. The van der Waals surface area contributed by atoms with E-state index in [4.69, 9.17) is 9.72 Å². The largest absolute Gasteiger partial charge is 0.375 e. The molecule has 3 aromatic rings. The molecule has 1 amide bonds. The molecule has 3 aliphatic rings. The highest BCUT2D eigenvalue weighted by Crippen LogP contribution is 2.39. The highest BCUT2D eigenvalue weighted by molar-refractivity contribution is 7.15. The Hall–Kier alpha value is -2.38. The normalized spacial score (nSPS) is 25.5. The quantitative estimate of drug-likeness (QED) is 0.689. The van der Waals surface area contributed by atoms with E-state index in [1.807, 2.05) is 35.2 Å². The predicted molar refractivity (Wildman–Crippen MR) is 113 cm³/mol. The van der Waals surface area contributed by atoms with Crippen molar-refractivity contribution >= 4 is 33.3 Å². The van der Waals surface area contributed by atoms with Gasteiger partial charge in [0.05, 0.1) is 24.4 Å². The number of fused-ring (bicyclic) bond motifs is 4. The van der Waals surface area contributed by atoms with Gasteiger partial charge in [0.2, 0.25) is 0 Å². The number of para-hydroxylation sites is 1. The minimum atomic E-state index is 0.0638. The molecule has 5 heterocycles. The molecule has 2 bridgehead atoms. The van der Waals surface area contributed by atoms with Crippen LogP contribution >= 0.6 is 11.3 Å². The number of amides is 1. The van der Waals surface area contributed by atoms with Crippen LogP contribution in [0.25, 0.3) is 10.9 Å². The van der Waals surface area contributed by atoms with Crippen LogP contribution < -0.4 is 5.32 Å². The molecule has 0 aliphatic carbocycles. The van der Waals surface area contributed by atoms with Crippen LogP contribution in [0.15, 0.2) is 30.3 Å². The molecule has 2 aromatic heterocycles. The van der Waals surface area contributed by atoms with E-state index in [-0.39, 0.29) is 5.91 Å². The second-order valence-corrected chi connectivity index (χ2v) is 9.47. The number of carbonyl (C=O) groups excluding carboxylic acids is 1. The molecule has 3 atom stereocenters. The van der Waals surface area contributed by atoms with E-state index < -0.39 is 0 Å². The number of aromatic nitrogens is 2. The Kier molecular flexibility index (Phi) is 4.13. The number of rotatable bonds is 4. The first-order chi connectivity index (χ1) is 14.2. The fraction of sp³-hybridized carbons (Fsp3) is 0.455. The summed E-state index contributed by atoms with van der Waals surface area (Å²) in [6.45, 7) is 2.29. The maximum atomic E-state index is 13.0. The summed E-state index contributed by atoms with van der Waals surface area (Å²) in [5.41, 5.74) is 2.80. The highest BCUT2D eigenvalue weighted by atomic mass is 32.1. The van der Waals surface area contributed by atoms with Gasteiger partial charge < -0.3 is 19.9 Å². The van der Waals surface area contributed by atoms with E-state index in [1.165, 1.54) is 24.1 Å². The number of aromatic amines is 1. The van der Waals surface area contributed by atoms with Gasteiger partial charge in [-0.25, -0.2) is 4.98 Å². The van der Waals surface area contributed by atoms with E-state index in [1.54, 1.807) is 11.3 Å². The van der Waals surface area contributed by atoms with Gasteiger partial charge in [0.1, 0.15) is 5.69 Å². The van der Waals surface area contributed by atoms with E-state index in [0.717, 1.165) is 34.7 Å². The zero-order chi connectivity index (χ0) is 19.4. The summed E-state index contributed by atoms with van der Waals surface area (Å²) in [5, 5.41) is 5.60. The maximum absolute atomic E-state index is 13.0. The van der Waals surface area contributed by atoms with Crippen LogP contribution in [-0.2, 0) is 17.7 Å². The van der Waals surface area contributed by atoms with Gasteiger partial charge >= 0.3 is 0 Å². The minimum Gasteiger partial charge on any atom is -0.375 e. The maximum Gasteiger partial charge on any atom is 0.270 e. The summed E-state index contributed by atoms with van der Waals surface area (Å²) in [7, 11) is 0. The van der Waals surface area contributed by atoms with Crippen molar-refractivity contribution in [1.29, 1.82) is 0 Å². The van der Waals surface area contributed by atoms with Crippen molar-refractivity contribution in [1.82, 2.24) is 14.9 Å². The van der Waals surface area contributed by atoms with Crippen LogP contribution in [0.5, 0.6) is 0 Å². The molecule has 0 spiro atoms. The molecule has 0 unspecified atom stereocenters. The molecule has 29 heavy (non-hydrogen) atoms. The summed E-state index contributed by atoms with van der Waals surface area (Å²) in [5.74, 6) is 0.670. The number of anilines is 1. The third kappa shape index (κ3) is 3.13. The number of hydrogen-bond acceptors (Lipinski definition) is 5. The average molecular weight is 409 g/mol. The number of thiazole rings is 1. The lowest BCUT2D eigenvalue weighted by Crippen LogP contribution is -2.35. The van der Waals surface area contributed by atoms with E-state index in [9.17, 15) is 4.79 Å². The van der Waals surface area contributed by atoms with Crippen molar-refractivity contribution in [3.63, 3.8) is 0 Å². The average Bonchev–Trinajstić information content (AvgIpc) is 3.53. The molecule has 6 nitrogen and oxygen atoms in total. The Morgan fingerprint density at radius 1 is 1.34 bits per heavy atom. The molecule has 7 heteroatoms. The number of benzene rings is 1. The van der Waals surface area contributed by atoms with Gasteiger partial charge in [0.25, 0.3) is 5.91 Å². The second kappa shape index (κ2) is 6.85. The van der Waals surface area contributed by atoms with Gasteiger partial charge in [-0.15, -0.1) is 0 Å². The topological polar surface area (TPSA) is 70.2 Å². The van der Waals surface area contributed by atoms with E-state index >= 15 is 0 Å². The van der Waals surface area contributed by atoms with Gasteiger partial charge in [-0.05, 0) is 31.4 Å². The first-order valence-corrected chi connectivity index (χ1v) is 11.3. The lowest BCUT2D eigenvalue weighted by Gasteiger charge is -2.25. The number of H-pyrrole nitrogens is 1. The van der Waals surface area contributed by atoms with E-state index in [2.05, 4.69) is 10.3 Å². The SMILES string of the molecule is O=C(c1cc2ccccc2[nH]1)N1CCc2nc(NC[C@@H]3C[C@@H]4CC[C@H]3O4)sc2C1. The van der Waals surface area contributed by atoms with Crippen LogP contribution in [0.2, 0.25) is 0 Å². The van der Waals surface area contributed by atoms with Crippen LogP contribution in [0.3, 0.4) is 0 Å². The van der Waals surface area contributed by atoms with Crippen molar-refractivity contribution in [3.8, 4) is 0 Å². The lowest BCUT2D eigenvalue weighted by molar-refractivity contribution is 0.0731. The Morgan fingerprint density at radius 3 is 3.10 bits per heavy atom. The first kappa shape index (κ1) is 17.5. The van der Waals surface area contributed by atoms with Crippen molar-refractivity contribution in [2.45, 2.75) is 44.4 Å². The third-order valence-electron chi connectivity index (χ3n) is 6.53. The lowest BCUT2D eigenvalue weighted by atomic mass is 9.89. The van der Waals surface area contributed by atoms with Crippen LogP contribution in [0.4, 0.5) is 5.13 Å². The minimum absolute atomic E-state index is 0.0638. The first-order valence-electron chi connectivity index (χ1n) is 10.5. The van der Waals surface area contributed by atoms with Crippen molar-refractivity contribution in [2.75, 3.05) is 18.4 Å². The molecular formula is C22H24N4O2S. The summed E-state index contributed by atoms with van der Waals surface area (Å²) < 4.78 is 5.95. The van der Waals surface area contributed by atoms with Crippen LogP contribution in [0.1, 0.15) is 40.3 Å². The molecule has 2 N–H and O–H groups in total.